The third-order valence-electron chi connectivity index (χ3n) is 6.14. The standard InChI is InChI=1S/C26H25N3O6/c1-33-19-5-2-4-17(14-19)23-22(24(30)18-6-7-20-21(15-18)35-13-12-34-20)25(31)26(32)29(23)10-3-9-28-11-8-27-16-28/h2,4-8,11,14-16,23,30H,3,9-10,12-13H2,1H3/b24-22-. The number of ether oxygens (including phenoxy) is 3. The number of rotatable bonds is 7. The molecule has 1 N–H and O–H groups in total. The highest BCUT2D eigenvalue weighted by Crippen LogP contribution is 2.41. The van der Waals surface area contributed by atoms with E-state index in [2.05, 4.69) is 4.98 Å². The second kappa shape index (κ2) is 9.54. The monoisotopic (exact) mass is 475 g/mol. The van der Waals surface area contributed by atoms with E-state index < -0.39 is 17.7 Å². The molecule has 3 heterocycles. The smallest absolute Gasteiger partial charge is 0.295 e. The molecule has 2 aliphatic rings. The summed E-state index contributed by atoms with van der Waals surface area (Å²) in [5.41, 5.74) is 1.08. The van der Waals surface area contributed by atoms with Crippen molar-refractivity contribution in [3.63, 3.8) is 0 Å². The number of hydrogen-bond acceptors (Lipinski definition) is 7. The van der Waals surface area contributed by atoms with E-state index in [4.69, 9.17) is 14.2 Å². The summed E-state index contributed by atoms with van der Waals surface area (Å²) in [5.74, 6) is -0.00337. The Morgan fingerprint density at radius 1 is 1.11 bits per heavy atom. The van der Waals surface area contributed by atoms with E-state index in [1.807, 2.05) is 16.8 Å². The summed E-state index contributed by atoms with van der Waals surface area (Å²) in [6.07, 6.45) is 5.84. The van der Waals surface area contributed by atoms with Crippen molar-refractivity contribution in [2.75, 3.05) is 26.9 Å². The Balaban J connectivity index is 1.54. The van der Waals surface area contributed by atoms with Crippen molar-refractivity contribution in [3.8, 4) is 17.2 Å². The maximum atomic E-state index is 13.2. The summed E-state index contributed by atoms with van der Waals surface area (Å²) >= 11 is 0. The van der Waals surface area contributed by atoms with E-state index in [0.29, 0.717) is 61.1 Å². The molecule has 0 spiro atoms. The highest BCUT2D eigenvalue weighted by Gasteiger charge is 2.46. The third-order valence-corrected chi connectivity index (χ3v) is 6.14. The van der Waals surface area contributed by atoms with Crippen LogP contribution in [0.25, 0.3) is 5.76 Å². The molecule has 3 aromatic rings. The number of hydrogen-bond donors (Lipinski definition) is 1. The number of fused-ring (bicyclic) bond motifs is 1. The second-order valence-electron chi connectivity index (χ2n) is 8.28. The first-order chi connectivity index (χ1) is 17.1. The molecule has 35 heavy (non-hydrogen) atoms. The van der Waals surface area contributed by atoms with Crippen LogP contribution in [0.2, 0.25) is 0 Å². The minimum absolute atomic E-state index is 0.0301. The number of Topliss-reactive ketones (excluding diaryl/α,β-unsaturated/α-hetero) is 1. The topological polar surface area (TPSA) is 103 Å². The zero-order valence-electron chi connectivity index (χ0n) is 19.2. The minimum atomic E-state index is -0.763. The number of methoxy groups -OCH3 is 1. The Hall–Kier alpha value is -4.27. The lowest BCUT2D eigenvalue weighted by molar-refractivity contribution is -0.139. The number of aliphatic hydroxyl groups excluding tert-OH is 1. The SMILES string of the molecule is COc1cccc(C2/C(=C(/O)c3ccc4c(c3)OCCO4)C(=O)C(=O)N2CCCn2ccnc2)c1. The van der Waals surface area contributed by atoms with E-state index in [1.54, 1.807) is 56.0 Å². The molecule has 1 atom stereocenters. The minimum Gasteiger partial charge on any atom is -0.507 e. The first-order valence-electron chi connectivity index (χ1n) is 11.3. The number of aromatic nitrogens is 2. The van der Waals surface area contributed by atoms with E-state index in [9.17, 15) is 14.7 Å². The van der Waals surface area contributed by atoms with E-state index in [-0.39, 0.29) is 11.3 Å². The third kappa shape index (κ3) is 4.32. The number of imidazole rings is 1. The predicted molar refractivity (Wildman–Crippen MR) is 126 cm³/mol. The Morgan fingerprint density at radius 3 is 2.71 bits per heavy atom. The number of benzene rings is 2. The van der Waals surface area contributed by atoms with Gasteiger partial charge in [-0.3, -0.25) is 9.59 Å². The average Bonchev–Trinajstić information content (AvgIpc) is 3.50. The number of aryl methyl sites for hydroxylation is 1. The van der Waals surface area contributed by atoms with Gasteiger partial charge in [0.1, 0.15) is 24.7 Å². The van der Waals surface area contributed by atoms with Crippen molar-refractivity contribution in [1.82, 2.24) is 14.5 Å². The Labute approximate surface area is 202 Å². The fourth-order valence-corrected chi connectivity index (χ4v) is 4.46. The molecule has 1 amide bonds. The quantitative estimate of drug-likeness (QED) is 0.318. The molecule has 0 saturated carbocycles. The molecular formula is C26H25N3O6. The summed E-state index contributed by atoms with van der Waals surface area (Å²) < 4.78 is 18.5. The van der Waals surface area contributed by atoms with Crippen LogP contribution in [0.15, 0.2) is 66.8 Å². The molecule has 1 fully saturated rings. The van der Waals surface area contributed by atoms with Gasteiger partial charge in [0, 0.05) is 31.0 Å². The summed E-state index contributed by atoms with van der Waals surface area (Å²) in [7, 11) is 1.55. The lowest BCUT2D eigenvalue weighted by Gasteiger charge is -2.26. The van der Waals surface area contributed by atoms with Gasteiger partial charge < -0.3 is 28.8 Å². The van der Waals surface area contributed by atoms with Gasteiger partial charge in [-0.15, -0.1) is 0 Å². The lowest BCUT2D eigenvalue weighted by Crippen LogP contribution is -2.31. The van der Waals surface area contributed by atoms with Gasteiger partial charge in [0.25, 0.3) is 11.7 Å². The van der Waals surface area contributed by atoms with Crippen molar-refractivity contribution < 1.29 is 28.9 Å². The maximum absolute atomic E-state index is 13.2. The summed E-state index contributed by atoms with van der Waals surface area (Å²) in [6, 6.07) is 11.4. The van der Waals surface area contributed by atoms with Gasteiger partial charge in [-0.05, 0) is 42.3 Å². The first-order valence-corrected chi connectivity index (χ1v) is 11.3. The van der Waals surface area contributed by atoms with E-state index in [0.717, 1.165) is 0 Å². The molecule has 5 rings (SSSR count). The fraction of sp³-hybridized carbons (Fsp3) is 0.269. The van der Waals surface area contributed by atoms with Crippen molar-refractivity contribution >= 4 is 17.4 Å². The summed E-state index contributed by atoms with van der Waals surface area (Å²) in [4.78, 5) is 31.9. The van der Waals surface area contributed by atoms with Gasteiger partial charge in [0.15, 0.2) is 11.5 Å². The predicted octanol–water partition coefficient (Wildman–Crippen LogP) is 3.17. The molecule has 2 aliphatic heterocycles. The number of likely N-dealkylation sites (tertiary alicyclic amines) is 1. The lowest BCUT2D eigenvalue weighted by atomic mass is 9.95. The molecule has 9 nitrogen and oxygen atoms in total. The first kappa shape index (κ1) is 22.5. The number of carbonyl (C=O) groups is 2. The van der Waals surface area contributed by atoms with Crippen molar-refractivity contribution in [2.45, 2.75) is 19.0 Å². The van der Waals surface area contributed by atoms with Crippen LogP contribution < -0.4 is 14.2 Å². The van der Waals surface area contributed by atoms with Crippen LogP contribution in [0, 0.1) is 0 Å². The van der Waals surface area contributed by atoms with Gasteiger partial charge in [0.05, 0.1) is 25.1 Å². The largest absolute Gasteiger partial charge is 0.507 e. The Kier molecular flexibility index (Phi) is 6.13. The van der Waals surface area contributed by atoms with Gasteiger partial charge >= 0.3 is 0 Å². The number of amides is 1. The second-order valence-corrected chi connectivity index (χ2v) is 8.28. The van der Waals surface area contributed by atoms with Gasteiger partial charge in [0.2, 0.25) is 0 Å². The average molecular weight is 476 g/mol. The molecule has 180 valence electrons. The van der Waals surface area contributed by atoms with Gasteiger partial charge in [-0.2, -0.15) is 0 Å². The summed E-state index contributed by atoms with van der Waals surface area (Å²) in [6.45, 7) is 1.79. The molecule has 0 aliphatic carbocycles. The molecule has 9 heteroatoms. The highest BCUT2D eigenvalue weighted by atomic mass is 16.6. The molecule has 2 aromatic carbocycles. The number of carbonyl (C=O) groups excluding carboxylic acids is 2. The number of aliphatic hydroxyl groups is 1. The van der Waals surface area contributed by atoms with Gasteiger partial charge in [-0.25, -0.2) is 4.98 Å². The number of ketones is 1. The Bertz CT molecular complexity index is 1280. The van der Waals surface area contributed by atoms with Crippen LogP contribution >= 0.6 is 0 Å². The zero-order chi connectivity index (χ0) is 24.4. The van der Waals surface area contributed by atoms with Crippen LogP contribution in [0.5, 0.6) is 17.2 Å². The van der Waals surface area contributed by atoms with Gasteiger partial charge in [-0.1, -0.05) is 12.1 Å². The van der Waals surface area contributed by atoms with E-state index >= 15 is 0 Å². The van der Waals surface area contributed by atoms with Crippen LogP contribution in [0.4, 0.5) is 0 Å². The molecule has 1 unspecified atom stereocenters. The molecule has 1 saturated heterocycles. The molecule has 0 bridgehead atoms. The van der Waals surface area contributed by atoms with Crippen LogP contribution in [0.3, 0.4) is 0 Å². The highest BCUT2D eigenvalue weighted by molar-refractivity contribution is 6.46. The van der Waals surface area contributed by atoms with Crippen LogP contribution in [0.1, 0.15) is 23.6 Å². The van der Waals surface area contributed by atoms with E-state index in [1.165, 1.54) is 4.90 Å². The zero-order valence-corrected chi connectivity index (χ0v) is 19.2. The molecule has 0 radical (unpaired) electrons. The summed E-state index contributed by atoms with van der Waals surface area (Å²) in [5, 5.41) is 11.3. The molecule has 1 aromatic heterocycles. The van der Waals surface area contributed by atoms with Crippen LogP contribution in [-0.4, -0.2) is 58.1 Å². The normalized spacial score (nSPS) is 18.7. The number of nitrogens with zero attached hydrogens (tertiary/aromatic N) is 3. The fourth-order valence-electron chi connectivity index (χ4n) is 4.46. The van der Waals surface area contributed by atoms with Crippen molar-refractivity contribution in [2.24, 2.45) is 0 Å². The van der Waals surface area contributed by atoms with Crippen molar-refractivity contribution in [3.05, 3.63) is 77.9 Å². The maximum Gasteiger partial charge on any atom is 0.295 e. The van der Waals surface area contributed by atoms with Crippen molar-refractivity contribution in [1.29, 1.82) is 0 Å². The Morgan fingerprint density at radius 2 is 1.94 bits per heavy atom. The van der Waals surface area contributed by atoms with Crippen LogP contribution in [-0.2, 0) is 16.1 Å². The molecular weight excluding hydrogens is 450 g/mol.